The summed E-state index contributed by atoms with van der Waals surface area (Å²) in [7, 11) is -2.35. The van der Waals surface area contributed by atoms with Gasteiger partial charge in [0.25, 0.3) is 5.91 Å². The van der Waals surface area contributed by atoms with E-state index in [0.29, 0.717) is 22.6 Å². The quantitative estimate of drug-likeness (QED) is 0.419. The molecule has 1 unspecified atom stereocenters. The van der Waals surface area contributed by atoms with Crippen LogP contribution in [0.2, 0.25) is 0 Å². The minimum absolute atomic E-state index is 0.000631. The summed E-state index contributed by atoms with van der Waals surface area (Å²) in [5.74, 6) is 0.150. The van der Waals surface area contributed by atoms with Crippen molar-refractivity contribution in [2.24, 2.45) is 5.41 Å². The van der Waals surface area contributed by atoms with Crippen molar-refractivity contribution >= 4 is 21.8 Å². The van der Waals surface area contributed by atoms with Gasteiger partial charge in [0.2, 0.25) is 15.9 Å². The summed E-state index contributed by atoms with van der Waals surface area (Å²) >= 11 is 0. The van der Waals surface area contributed by atoms with Crippen LogP contribution in [-0.4, -0.2) is 57.2 Å². The summed E-state index contributed by atoms with van der Waals surface area (Å²) in [5, 5.41) is 8.20. The lowest BCUT2D eigenvalue weighted by molar-refractivity contribution is -0.130. The molecular weight excluding hydrogens is 530 g/mol. The van der Waals surface area contributed by atoms with Gasteiger partial charge in [0.1, 0.15) is 23.5 Å². The molecule has 1 atom stereocenters. The van der Waals surface area contributed by atoms with E-state index in [9.17, 15) is 18.0 Å². The third-order valence-corrected chi connectivity index (χ3v) is 8.74. The average molecular weight is 562 g/mol. The van der Waals surface area contributed by atoms with Crippen LogP contribution in [0, 0.1) is 16.7 Å². The van der Waals surface area contributed by atoms with Crippen molar-refractivity contribution in [3.8, 4) is 28.7 Å². The van der Waals surface area contributed by atoms with Crippen LogP contribution in [-0.2, 0) is 14.8 Å². The van der Waals surface area contributed by atoms with E-state index < -0.39 is 26.6 Å². The van der Waals surface area contributed by atoms with E-state index in [2.05, 4.69) is 10.8 Å². The molecule has 40 heavy (non-hydrogen) atoms. The first-order valence-electron chi connectivity index (χ1n) is 12.8. The lowest BCUT2D eigenvalue weighted by Crippen LogP contribution is -2.50. The molecule has 1 fully saturated rings. The van der Waals surface area contributed by atoms with Crippen molar-refractivity contribution < 1.29 is 27.5 Å². The van der Waals surface area contributed by atoms with Crippen LogP contribution < -0.4 is 14.2 Å². The molecule has 1 aliphatic rings. The summed E-state index contributed by atoms with van der Waals surface area (Å²) in [6.07, 6.45) is 0.234. The van der Waals surface area contributed by atoms with E-state index in [0.717, 1.165) is 11.1 Å². The number of nitrogens with one attached hydrogen (secondary N) is 1. The molecule has 0 radical (unpaired) electrons. The summed E-state index contributed by atoms with van der Waals surface area (Å²) in [4.78, 5) is 28.2. The van der Waals surface area contributed by atoms with Crippen molar-refractivity contribution in [3.63, 3.8) is 0 Å². The normalized spacial score (nSPS) is 16.8. The Morgan fingerprint density at radius 3 is 2.10 bits per heavy atom. The highest BCUT2D eigenvalue weighted by atomic mass is 32.2. The second kappa shape index (κ2) is 11.8. The summed E-state index contributed by atoms with van der Waals surface area (Å²) in [5.41, 5.74) is 1.60. The Kier molecular flexibility index (Phi) is 8.45. The first-order chi connectivity index (χ1) is 19.1. The van der Waals surface area contributed by atoms with E-state index in [4.69, 9.17) is 14.7 Å². The molecule has 0 spiro atoms. The van der Waals surface area contributed by atoms with Gasteiger partial charge in [0.15, 0.2) is 0 Å². The lowest BCUT2D eigenvalue weighted by atomic mass is 9.87. The van der Waals surface area contributed by atoms with Crippen LogP contribution in [0.4, 0.5) is 0 Å². The molecule has 1 N–H and O–H groups in total. The van der Waals surface area contributed by atoms with Gasteiger partial charge in [-0.3, -0.25) is 14.3 Å². The minimum atomic E-state index is -3.89. The third-order valence-electron chi connectivity index (χ3n) is 7.03. The number of carbonyl (C=O) groups is 2. The molecule has 0 saturated carbocycles. The zero-order chi connectivity index (χ0) is 28.9. The highest BCUT2D eigenvalue weighted by molar-refractivity contribution is 7.90. The Labute approximate surface area is 234 Å². The van der Waals surface area contributed by atoms with Crippen molar-refractivity contribution in [2.45, 2.75) is 25.5 Å². The van der Waals surface area contributed by atoms with Gasteiger partial charge in [0, 0.05) is 18.7 Å². The number of hydrogen-bond donors (Lipinski definition) is 1. The first-order valence-corrected chi connectivity index (χ1v) is 14.3. The molecular formula is C30H31N3O6S. The number of amides is 2. The molecule has 208 valence electrons. The molecule has 4 rings (SSSR count). The van der Waals surface area contributed by atoms with Gasteiger partial charge in [0.05, 0.1) is 24.0 Å². The molecule has 3 aromatic carbocycles. The molecule has 1 aliphatic heterocycles. The number of ether oxygens (including phenoxy) is 2. The number of sulfonamides is 1. The Balaban J connectivity index is 1.53. The maximum atomic E-state index is 13.4. The van der Waals surface area contributed by atoms with Gasteiger partial charge in [-0.2, -0.15) is 5.26 Å². The fourth-order valence-corrected chi connectivity index (χ4v) is 5.10. The number of rotatable bonds is 9. The number of methoxy groups -OCH3 is 1. The van der Waals surface area contributed by atoms with Crippen molar-refractivity contribution in [1.29, 1.82) is 5.26 Å². The molecule has 2 amide bonds. The third kappa shape index (κ3) is 6.26. The minimum Gasteiger partial charge on any atom is -0.497 e. The lowest BCUT2D eigenvalue weighted by Gasteiger charge is -2.28. The Morgan fingerprint density at radius 2 is 1.55 bits per heavy atom. The van der Waals surface area contributed by atoms with Crippen LogP contribution in [0.3, 0.4) is 0 Å². The zero-order valence-electron chi connectivity index (χ0n) is 22.6. The van der Waals surface area contributed by atoms with Crippen molar-refractivity contribution in [3.05, 3.63) is 83.9 Å². The smallest absolute Gasteiger partial charge is 0.253 e. The fraction of sp³-hybridized carbons (Fsp3) is 0.300. The van der Waals surface area contributed by atoms with E-state index in [-0.39, 0.29) is 32.0 Å². The maximum Gasteiger partial charge on any atom is 0.253 e. The molecule has 10 heteroatoms. The fourth-order valence-electron chi connectivity index (χ4n) is 4.39. The number of benzene rings is 3. The van der Waals surface area contributed by atoms with Crippen LogP contribution in [0.15, 0.2) is 72.8 Å². The Morgan fingerprint density at radius 1 is 0.975 bits per heavy atom. The van der Waals surface area contributed by atoms with Gasteiger partial charge < -0.3 is 14.4 Å². The topological polar surface area (TPSA) is 126 Å². The van der Waals surface area contributed by atoms with E-state index in [1.54, 1.807) is 53.4 Å². The maximum absolute atomic E-state index is 13.4. The molecule has 0 aromatic heterocycles. The highest BCUT2D eigenvalue weighted by Crippen LogP contribution is 2.34. The molecule has 1 heterocycles. The van der Waals surface area contributed by atoms with Gasteiger partial charge in [-0.1, -0.05) is 24.3 Å². The Hall–Kier alpha value is -4.36. The molecule has 9 nitrogen and oxygen atoms in total. The van der Waals surface area contributed by atoms with Crippen molar-refractivity contribution in [1.82, 2.24) is 9.62 Å². The second-order valence-corrected chi connectivity index (χ2v) is 12.2. The number of likely N-dealkylation sites (tertiary alicyclic amines) is 1. The largest absolute Gasteiger partial charge is 0.497 e. The molecule has 3 aromatic rings. The number of nitrogens with zero attached hydrogens (tertiary/aromatic N) is 2. The van der Waals surface area contributed by atoms with E-state index in [1.165, 1.54) is 21.0 Å². The average Bonchev–Trinajstić information content (AvgIpc) is 3.42. The predicted octanol–water partition coefficient (Wildman–Crippen LogP) is 4.00. The van der Waals surface area contributed by atoms with E-state index in [1.807, 2.05) is 24.3 Å². The summed E-state index contributed by atoms with van der Waals surface area (Å²) in [6.45, 7) is 3.13. The molecule has 0 aliphatic carbocycles. The van der Waals surface area contributed by atoms with E-state index >= 15 is 0 Å². The van der Waals surface area contributed by atoms with Crippen molar-refractivity contribution in [2.75, 3.05) is 26.8 Å². The standard InChI is InChI=1S/C30H31N3O6S/c1-21(2)40(36,37)32-29(35)30(16-17-33(19-30)28(34)25-10-12-26(38-3)13-11-25)20-39-27-14-8-24(9-15-27)23-6-4-22(18-31)5-7-23/h4-15,21H,16-17,19-20H2,1-3H3,(H,32,35). The molecule has 1 saturated heterocycles. The van der Waals surface area contributed by atoms with Crippen LogP contribution in [0.5, 0.6) is 11.5 Å². The van der Waals surface area contributed by atoms with Crippen LogP contribution >= 0.6 is 0 Å². The van der Waals surface area contributed by atoms with Gasteiger partial charge in [-0.05, 0) is 79.9 Å². The summed E-state index contributed by atoms with van der Waals surface area (Å²) < 4.78 is 38.5. The first kappa shape index (κ1) is 28.6. The van der Waals surface area contributed by atoms with Gasteiger partial charge in [-0.25, -0.2) is 8.42 Å². The molecule has 0 bridgehead atoms. The van der Waals surface area contributed by atoms with Crippen LogP contribution in [0.25, 0.3) is 11.1 Å². The number of hydrogen-bond acceptors (Lipinski definition) is 7. The number of nitriles is 1. The second-order valence-electron chi connectivity index (χ2n) is 10.0. The van der Waals surface area contributed by atoms with Gasteiger partial charge >= 0.3 is 0 Å². The van der Waals surface area contributed by atoms with Crippen LogP contribution in [0.1, 0.15) is 36.2 Å². The Bertz CT molecular complexity index is 1510. The monoisotopic (exact) mass is 561 g/mol. The predicted molar refractivity (Wildman–Crippen MR) is 150 cm³/mol. The van der Waals surface area contributed by atoms with Gasteiger partial charge in [-0.15, -0.1) is 0 Å². The highest BCUT2D eigenvalue weighted by Gasteiger charge is 2.48. The summed E-state index contributed by atoms with van der Waals surface area (Å²) in [6, 6.07) is 23.2. The number of carbonyl (C=O) groups excluding carboxylic acids is 2. The zero-order valence-corrected chi connectivity index (χ0v) is 23.4. The SMILES string of the molecule is COc1ccc(C(=O)N2CCC(COc3ccc(-c4ccc(C#N)cc4)cc3)(C(=O)NS(=O)(=O)C(C)C)C2)cc1.